The number of hydrogen-bond acceptors (Lipinski definition) is 5. The molecule has 8 heteroatoms. The van der Waals surface area contributed by atoms with Crippen molar-refractivity contribution in [2.45, 2.75) is 89.9 Å². The Morgan fingerprint density at radius 2 is 1.77 bits per heavy atom. The minimum atomic E-state index is -0.796. The molecule has 4 rings (SSSR count). The van der Waals surface area contributed by atoms with E-state index < -0.39 is 23.9 Å². The average Bonchev–Trinajstić information content (AvgIpc) is 3.44. The Morgan fingerprint density at radius 1 is 1.10 bits per heavy atom. The van der Waals surface area contributed by atoms with Gasteiger partial charge in [-0.1, -0.05) is 44.2 Å². The Kier molecular flexibility index (Phi) is 9.46. The molecule has 1 aliphatic heterocycles. The number of carbonyl (C=O) groups excluding carboxylic acids is 1. The van der Waals surface area contributed by atoms with Crippen molar-refractivity contribution in [3.05, 3.63) is 71.7 Å². The van der Waals surface area contributed by atoms with Crippen LogP contribution in [-0.4, -0.2) is 51.4 Å². The number of hydrogen-bond donors (Lipinski definition) is 3. The fourth-order valence-electron chi connectivity index (χ4n) is 5.61. The van der Waals surface area contributed by atoms with Gasteiger partial charge in [-0.15, -0.1) is 0 Å². The maximum Gasteiger partial charge on any atom is 0.251 e. The first-order valence-electron chi connectivity index (χ1n) is 14.1. The van der Waals surface area contributed by atoms with E-state index in [-0.39, 0.29) is 24.3 Å². The lowest BCUT2D eigenvalue weighted by Gasteiger charge is -2.22. The summed E-state index contributed by atoms with van der Waals surface area (Å²) in [7, 11) is 0. The molecule has 4 atom stereocenters. The third-order valence-electron chi connectivity index (χ3n) is 7.64. The van der Waals surface area contributed by atoms with Gasteiger partial charge in [0.1, 0.15) is 5.82 Å². The Hall–Kier alpha value is -3.04. The van der Waals surface area contributed by atoms with E-state index >= 15 is 0 Å². The highest BCUT2D eigenvalue weighted by Crippen LogP contribution is 2.42. The van der Waals surface area contributed by atoms with E-state index in [4.69, 9.17) is 15.2 Å². The molecule has 0 spiro atoms. The fourth-order valence-corrected chi connectivity index (χ4v) is 5.61. The molecule has 216 valence electrons. The minimum Gasteiger partial charge on any atom is -0.393 e. The van der Waals surface area contributed by atoms with E-state index in [0.717, 1.165) is 28.9 Å². The summed E-state index contributed by atoms with van der Waals surface area (Å²) >= 11 is 0. The van der Waals surface area contributed by atoms with Crippen molar-refractivity contribution in [1.29, 1.82) is 0 Å². The van der Waals surface area contributed by atoms with Crippen LogP contribution < -0.4 is 5.73 Å². The highest BCUT2D eigenvalue weighted by molar-refractivity contribution is 6.05. The van der Waals surface area contributed by atoms with E-state index in [2.05, 4.69) is 4.57 Å². The molecule has 1 amide bonds. The largest absolute Gasteiger partial charge is 0.393 e. The number of carbonyl (C=O) groups is 1. The molecular formula is C32H41FN2O5. The van der Waals surface area contributed by atoms with Gasteiger partial charge in [0.05, 0.1) is 36.2 Å². The van der Waals surface area contributed by atoms with E-state index in [1.165, 1.54) is 12.1 Å². The average molecular weight is 553 g/mol. The summed E-state index contributed by atoms with van der Waals surface area (Å²) in [5.74, 6) is -1.57. The number of benzene rings is 2. The van der Waals surface area contributed by atoms with Crippen LogP contribution in [0.25, 0.3) is 22.4 Å². The first-order valence-corrected chi connectivity index (χ1v) is 14.1. The van der Waals surface area contributed by atoms with Crippen molar-refractivity contribution in [3.8, 4) is 22.4 Å². The second-order valence-corrected chi connectivity index (χ2v) is 11.2. The van der Waals surface area contributed by atoms with Crippen molar-refractivity contribution in [1.82, 2.24) is 4.57 Å². The summed E-state index contributed by atoms with van der Waals surface area (Å²) in [6, 6.07) is 15.8. The summed E-state index contributed by atoms with van der Waals surface area (Å²) in [6.45, 7) is 8.55. The van der Waals surface area contributed by atoms with Crippen molar-refractivity contribution in [2.75, 3.05) is 6.61 Å². The van der Waals surface area contributed by atoms with Gasteiger partial charge in [0.15, 0.2) is 5.79 Å². The molecule has 2 heterocycles. The summed E-state index contributed by atoms with van der Waals surface area (Å²) in [5.41, 5.74) is 10.3. The molecule has 7 nitrogen and oxygen atoms in total. The standard InChI is InChI=1S/C32H41FN2O5/c1-5-20(2)29-28(31(34)38)27(21-9-7-6-8-10-21)30(22-11-13-23(33)14-12-22)35(29)16-15-24(36)17-25(37)18-26-19-39-32(3,4)40-26/h6-14,20,24-26,36-37H,5,15-19H2,1-4H3,(H2,34,38)/t20?,24-,25-,26+/m1/s1. The maximum atomic E-state index is 13.9. The van der Waals surface area contributed by atoms with Crippen LogP contribution >= 0.6 is 0 Å². The second kappa shape index (κ2) is 12.6. The van der Waals surface area contributed by atoms with Gasteiger partial charge in [-0.3, -0.25) is 4.79 Å². The van der Waals surface area contributed by atoms with Gasteiger partial charge >= 0.3 is 0 Å². The Bertz CT molecular complexity index is 1290. The zero-order valence-corrected chi connectivity index (χ0v) is 23.8. The number of aliphatic hydroxyl groups excluding tert-OH is 2. The van der Waals surface area contributed by atoms with Gasteiger partial charge in [-0.05, 0) is 74.4 Å². The molecule has 0 radical (unpaired) electrons. The Labute approximate surface area is 235 Å². The third kappa shape index (κ3) is 6.81. The lowest BCUT2D eigenvalue weighted by atomic mass is 9.93. The van der Waals surface area contributed by atoms with Crippen LogP contribution in [0.1, 0.15) is 75.3 Å². The van der Waals surface area contributed by atoms with Gasteiger partial charge in [-0.25, -0.2) is 4.39 Å². The molecule has 1 aliphatic rings. The number of amides is 1. The quantitative estimate of drug-likeness (QED) is 0.271. The molecule has 1 aromatic heterocycles. The molecule has 0 saturated carbocycles. The van der Waals surface area contributed by atoms with E-state index in [9.17, 15) is 19.4 Å². The lowest BCUT2D eigenvalue weighted by molar-refractivity contribution is -0.141. The summed E-state index contributed by atoms with van der Waals surface area (Å²) in [6.07, 6.45) is -0.126. The monoisotopic (exact) mass is 552 g/mol. The van der Waals surface area contributed by atoms with Gasteiger partial charge in [-0.2, -0.15) is 0 Å². The molecule has 4 N–H and O–H groups in total. The van der Waals surface area contributed by atoms with E-state index in [1.54, 1.807) is 12.1 Å². The van der Waals surface area contributed by atoms with Crippen LogP contribution in [0.3, 0.4) is 0 Å². The van der Waals surface area contributed by atoms with Crippen molar-refractivity contribution < 1.29 is 28.9 Å². The van der Waals surface area contributed by atoms with Crippen molar-refractivity contribution >= 4 is 5.91 Å². The van der Waals surface area contributed by atoms with E-state index in [0.29, 0.717) is 37.1 Å². The molecular weight excluding hydrogens is 511 g/mol. The molecule has 1 saturated heterocycles. The number of ether oxygens (including phenoxy) is 2. The van der Waals surface area contributed by atoms with Crippen molar-refractivity contribution in [3.63, 3.8) is 0 Å². The zero-order chi connectivity index (χ0) is 29.0. The Balaban J connectivity index is 1.70. The smallest absolute Gasteiger partial charge is 0.251 e. The fraction of sp³-hybridized carbons (Fsp3) is 0.469. The molecule has 40 heavy (non-hydrogen) atoms. The molecule has 2 aromatic carbocycles. The van der Waals surface area contributed by atoms with Gasteiger partial charge < -0.3 is 30.0 Å². The molecule has 0 aliphatic carbocycles. The Morgan fingerprint density at radius 3 is 2.35 bits per heavy atom. The summed E-state index contributed by atoms with van der Waals surface area (Å²) in [4.78, 5) is 13.0. The number of rotatable bonds is 12. The summed E-state index contributed by atoms with van der Waals surface area (Å²) in [5, 5.41) is 21.6. The van der Waals surface area contributed by atoms with Crippen LogP contribution in [0.4, 0.5) is 4.39 Å². The number of nitrogens with zero attached hydrogens (tertiary/aromatic N) is 1. The number of aromatic nitrogens is 1. The highest BCUT2D eigenvalue weighted by Gasteiger charge is 2.34. The van der Waals surface area contributed by atoms with Crippen LogP contribution in [0.2, 0.25) is 0 Å². The van der Waals surface area contributed by atoms with Crippen LogP contribution in [-0.2, 0) is 16.0 Å². The van der Waals surface area contributed by atoms with Crippen molar-refractivity contribution in [2.24, 2.45) is 5.73 Å². The maximum absolute atomic E-state index is 13.9. The number of nitrogens with two attached hydrogens (primary N) is 1. The summed E-state index contributed by atoms with van der Waals surface area (Å²) < 4.78 is 27.4. The highest BCUT2D eigenvalue weighted by atomic mass is 19.1. The first kappa shape index (κ1) is 29.9. The van der Waals surface area contributed by atoms with Crippen LogP contribution in [0.5, 0.6) is 0 Å². The lowest BCUT2D eigenvalue weighted by Crippen LogP contribution is -2.27. The van der Waals surface area contributed by atoms with Gasteiger partial charge in [0.25, 0.3) is 5.91 Å². The molecule has 1 fully saturated rings. The third-order valence-corrected chi connectivity index (χ3v) is 7.64. The predicted octanol–water partition coefficient (Wildman–Crippen LogP) is 5.62. The first-order chi connectivity index (χ1) is 19.0. The van der Waals surface area contributed by atoms with E-state index in [1.807, 2.05) is 58.0 Å². The normalized spacial score (nSPS) is 18.9. The molecule has 3 aromatic rings. The number of halogens is 1. The van der Waals surface area contributed by atoms with Gasteiger partial charge in [0, 0.05) is 24.2 Å². The van der Waals surface area contributed by atoms with Crippen LogP contribution in [0.15, 0.2) is 54.6 Å². The molecule has 1 unspecified atom stereocenters. The zero-order valence-electron chi connectivity index (χ0n) is 23.8. The minimum absolute atomic E-state index is 0.00948. The SMILES string of the molecule is CCC(C)c1c(C(N)=O)c(-c2ccccc2)c(-c2ccc(F)cc2)n1CC[C@@H](O)C[C@@H](O)C[C@H]1COC(C)(C)O1. The molecule has 0 bridgehead atoms. The van der Waals surface area contributed by atoms with Crippen LogP contribution in [0, 0.1) is 5.82 Å². The number of aliphatic hydroxyl groups is 2. The number of primary amides is 1. The topological polar surface area (TPSA) is 107 Å². The van der Waals surface area contributed by atoms with Gasteiger partial charge in [0.2, 0.25) is 0 Å². The second-order valence-electron chi connectivity index (χ2n) is 11.2. The predicted molar refractivity (Wildman–Crippen MR) is 153 cm³/mol.